The van der Waals surface area contributed by atoms with E-state index in [1.807, 2.05) is 0 Å². The fourth-order valence-corrected chi connectivity index (χ4v) is 3.29. The zero-order valence-corrected chi connectivity index (χ0v) is 20.1. The Morgan fingerprint density at radius 1 is 0.970 bits per heavy atom. The van der Waals surface area contributed by atoms with Crippen LogP contribution in [-0.4, -0.2) is 49.0 Å². The molecular weight excluding hydrogens is 442 g/mol. The number of oxime groups is 1. The lowest BCUT2D eigenvalue weighted by Crippen LogP contribution is -2.16. The van der Waals surface area contributed by atoms with Crippen LogP contribution in [0, 0.1) is 0 Å². The molecule has 0 bridgehead atoms. The molecule has 0 unspecified atom stereocenters. The van der Waals surface area contributed by atoms with E-state index in [9.17, 15) is 14.4 Å². The van der Waals surface area contributed by atoms with Gasteiger partial charge >= 0.3 is 11.9 Å². The van der Waals surface area contributed by atoms with Gasteiger partial charge in [-0.2, -0.15) is 0 Å². The summed E-state index contributed by atoms with van der Waals surface area (Å²) in [5, 5.41) is 3.87. The number of hydrogen-bond donors (Lipinski definition) is 0. The number of thioether (sulfide) groups is 1. The Morgan fingerprint density at radius 3 is 2.36 bits per heavy atom. The molecule has 0 atom stereocenters. The molecule has 0 heterocycles. The summed E-state index contributed by atoms with van der Waals surface area (Å²) in [6, 6.07) is 6.87. The fraction of sp³-hybridized carbons (Fsp3) is 0.440. The van der Waals surface area contributed by atoms with Gasteiger partial charge in [-0.1, -0.05) is 50.1 Å². The minimum atomic E-state index is -0.562. The number of unbranched alkanes of at least 4 members (excludes halogenated alkanes) is 3. The molecule has 8 heteroatoms. The zero-order chi connectivity index (χ0) is 24.3. The highest BCUT2D eigenvalue weighted by Crippen LogP contribution is 2.19. The van der Waals surface area contributed by atoms with Crippen LogP contribution in [0.3, 0.4) is 0 Å². The monoisotopic (exact) mass is 475 g/mol. The highest BCUT2D eigenvalue weighted by atomic mass is 32.2. The summed E-state index contributed by atoms with van der Waals surface area (Å²) in [6.07, 6.45) is 7.43. The maximum absolute atomic E-state index is 13.0. The van der Waals surface area contributed by atoms with Crippen molar-refractivity contribution >= 4 is 35.2 Å². The lowest BCUT2D eigenvalue weighted by molar-refractivity contribution is -0.144. The molecule has 1 rings (SSSR count). The van der Waals surface area contributed by atoms with Gasteiger partial charge in [-0.05, 0) is 37.1 Å². The Morgan fingerprint density at radius 2 is 1.70 bits per heavy atom. The standard InChI is InChI=1S/C25H33NO6S/c1-4-7-8-9-10-22(26-32-23(27)15-18-30-16-5-2)25(29)20-11-13-21(14-12-20)33-19-24(28)31-17-6-3/h5-6,11-14H,2-4,7-10,15-19H2,1H3/b26-22+. The fourth-order valence-electron chi connectivity index (χ4n) is 2.60. The van der Waals surface area contributed by atoms with Crippen LogP contribution in [0.1, 0.15) is 55.8 Å². The van der Waals surface area contributed by atoms with Crippen molar-refractivity contribution in [3.8, 4) is 0 Å². The molecule has 180 valence electrons. The van der Waals surface area contributed by atoms with Crippen LogP contribution in [0.5, 0.6) is 0 Å². The number of benzene rings is 1. The van der Waals surface area contributed by atoms with Gasteiger partial charge in [-0.25, -0.2) is 4.79 Å². The number of carbonyl (C=O) groups excluding carboxylic acids is 3. The van der Waals surface area contributed by atoms with Gasteiger partial charge in [-0.3, -0.25) is 9.59 Å². The van der Waals surface area contributed by atoms with Crippen molar-refractivity contribution in [2.45, 2.75) is 50.3 Å². The van der Waals surface area contributed by atoms with E-state index in [0.29, 0.717) is 18.6 Å². The van der Waals surface area contributed by atoms with Crippen LogP contribution in [0.2, 0.25) is 0 Å². The highest BCUT2D eigenvalue weighted by Gasteiger charge is 2.16. The topological polar surface area (TPSA) is 91.3 Å². The van der Waals surface area contributed by atoms with Gasteiger partial charge in [0.05, 0.1) is 25.4 Å². The molecule has 1 aromatic rings. The first-order valence-corrected chi connectivity index (χ1v) is 12.0. The molecule has 0 aliphatic carbocycles. The van der Waals surface area contributed by atoms with Gasteiger partial charge in [0.25, 0.3) is 0 Å². The Labute approximate surface area is 200 Å². The van der Waals surface area contributed by atoms with Gasteiger partial charge in [0.15, 0.2) is 0 Å². The zero-order valence-electron chi connectivity index (χ0n) is 19.3. The molecule has 0 aliphatic heterocycles. The average Bonchev–Trinajstić information content (AvgIpc) is 2.83. The third-order valence-corrected chi connectivity index (χ3v) is 5.29. The van der Waals surface area contributed by atoms with Crippen molar-refractivity contribution in [2.75, 3.05) is 25.6 Å². The number of nitrogens with zero attached hydrogens (tertiary/aromatic N) is 1. The number of Topliss-reactive ketones (excluding diaryl/α,β-unsaturated/α-hetero) is 1. The van der Waals surface area contributed by atoms with Gasteiger partial charge < -0.3 is 14.3 Å². The Balaban J connectivity index is 2.74. The maximum Gasteiger partial charge on any atom is 0.337 e. The van der Waals surface area contributed by atoms with Crippen molar-refractivity contribution < 1.29 is 28.7 Å². The van der Waals surface area contributed by atoms with E-state index in [4.69, 9.17) is 14.3 Å². The predicted octanol–water partition coefficient (Wildman–Crippen LogP) is 5.15. The summed E-state index contributed by atoms with van der Waals surface area (Å²) in [7, 11) is 0. The van der Waals surface area contributed by atoms with E-state index in [0.717, 1.165) is 30.6 Å². The molecule has 0 spiro atoms. The summed E-state index contributed by atoms with van der Waals surface area (Å²) in [4.78, 5) is 42.2. The highest BCUT2D eigenvalue weighted by molar-refractivity contribution is 8.00. The van der Waals surface area contributed by atoms with Crippen LogP contribution in [0.25, 0.3) is 0 Å². The number of esters is 1. The van der Waals surface area contributed by atoms with Crippen LogP contribution in [-0.2, 0) is 23.9 Å². The predicted molar refractivity (Wildman–Crippen MR) is 131 cm³/mol. The molecule has 0 radical (unpaired) electrons. The van der Waals surface area contributed by atoms with Gasteiger partial charge in [-0.15, -0.1) is 18.3 Å². The van der Waals surface area contributed by atoms with E-state index in [2.05, 4.69) is 25.2 Å². The average molecular weight is 476 g/mol. The Kier molecular flexibility index (Phi) is 15.3. The molecule has 1 aromatic carbocycles. The van der Waals surface area contributed by atoms with E-state index in [-0.39, 0.29) is 42.9 Å². The van der Waals surface area contributed by atoms with E-state index in [1.54, 1.807) is 30.3 Å². The smallest absolute Gasteiger partial charge is 0.337 e. The van der Waals surface area contributed by atoms with Crippen LogP contribution in [0.4, 0.5) is 0 Å². The normalized spacial score (nSPS) is 11.0. The summed E-state index contributed by atoms with van der Waals surface area (Å²) >= 11 is 1.31. The molecule has 33 heavy (non-hydrogen) atoms. The van der Waals surface area contributed by atoms with Gasteiger partial charge in [0.2, 0.25) is 5.78 Å². The minimum absolute atomic E-state index is 0.0375. The molecular formula is C25H33NO6S. The summed E-state index contributed by atoms with van der Waals surface area (Å²) in [5.41, 5.74) is 0.646. The van der Waals surface area contributed by atoms with Gasteiger partial charge in [0.1, 0.15) is 12.3 Å². The molecule has 0 amide bonds. The second-order valence-corrected chi connectivity index (χ2v) is 8.09. The van der Waals surface area contributed by atoms with Crippen LogP contribution >= 0.6 is 11.8 Å². The van der Waals surface area contributed by atoms with E-state index < -0.39 is 5.97 Å². The quantitative estimate of drug-likeness (QED) is 0.0424. The van der Waals surface area contributed by atoms with E-state index >= 15 is 0 Å². The Bertz CT molecular complexity index is 804. The Hall–Kier alpha value is -2.71. The van der Waals surface area contributed by atoms with Crippen molar-refractivity contribution in [3.05, 3.63) is 55.1 Å². The number of ketones is 1. The molecule has 0 N–H and O–H groups in total. The van der Waals surface area contributed by atoms with Crippen molar-refractivity contribution in [2.24, 2.45) is 5.16 Å². The molecule has 0 aliphatic rings. The lowest BCUT2D eigenvalue weighted by atomic mass is 10.0. The number of hydrogen-bond acceptors (Lipinski definition) is 8. The minimum Gasteiger partial charge on any atom is -0.461 e. The lowest BCUT2D eigenvalue weighted by Gasteiger charge is -2.07. The SMILES string of the molecule is C=CCOCCC(=O)O/N=C(\CCCCCC)C(=O)c1ccc(SCC(=O)OCC=C)cc1. The summed E-state index contributed by atoms with van der Waals surface area (Å²) in [5.74, 6) is -1.02. The first-order valence-electron chi connectivity index (χ1n) is 11.0. The third-order valence-electron chi connectivity index (χ3n) is 4.31. The first kappa shape index (κ1) is 28.3. The van der Waals surface area contributed by atoms with Crippen molar-refractivity contribution in [3.63, 3.8) is 0 Å². The van der Waals surface area contributed by atoms with Crippen molar-refractivity contribution in [1.82, 2.24) is 0 Å². The maximum atomic E-state index is 13.0. The molecule has 0 fully saturated rings. The second kappa shape index (κ2) is 17.8. The van der Waals surface area contributed by atoms with Crippen LogP contribution in [0.15, 0.2) is 59.6 Å². The summed E-state index contributed by atoms with van der Waals surface area (Å²) in [6.45, 7) is 9.87. The summed E-state index contributed by atoms with van der Waals surface area (Å²) < 4.78 is 10.1. The number of carbonyl (C=O) groups is 3. The van der Waals surface area contributed by atoms with Gasteiger partial charge in [0, 0.05) is 10.5 Å². The number of rotatable bonds is 18. The third kappa shape index (κ3) is 12.8. The molecule has 0 saturated heterocycles. The van der Waals surface area contributed by atoms with Crippen molar-refractivity contribution in [1.29, 1.82) is 0 Å². The molecule has 0 aromatic heterocycles. The molecule has 0 saturated carbocycles. The molecule has 7 nitrogen and oxygen atoms in total. The first-order chi connectivity index (χ1) is 16.0. The largest absolute Gasteiger partial charge is 0.461 e. The van der Waals surface area contributed by atoms with Crippen LogP contribution < -0.4 is 0 Å². The van der Waals surface area contributed by atoms with E-state index in [1.165, 1.54) is 17.8 Å². The number of ether oxygens (including phenoxy) is 2. The second-order valence-electron chi connectivity index (χ2n) is 7.04.